The Hall–Kier alpha value is -2.25. The van der Waals surface area contributed by atoms with Crippen molar-refractivity contribution in [3.63, 3.8) is 0 Å². The van der Waals surface area contributed by atoms with Crippen LogP contribution in [0, 0.1) is 11.7 Å². The molecule has 1 aromatic carbocycles. The standard InChI is InChI=1S/C19H20FN3O2S/c1-11(12-6-7-12)23-16(8-9-21-23)22-19(24)18-13(10-25-2)17-14(20)4-3-5-15(17)26-18/h3-5,8-9,11-12H,6-7,10H2,1-2H3,(H,22,24). The highest BCUT2D eigenvalue weighted by Crippen LogP contribution is 2.40. The second-order valence-electron chi connectivity index (χ2n) is 6.65. The number of aromatic nitrogens is 2. The lowest BCUT2D eigenvalue weighted by Gasteiger charge is -2.15. The first-order valence-electron chi connectivity index (χ1n) is 8.64. The van der Waals surface area contributed by atoms with Gasteiger partial charge in [0.1, 0.15) is 11.6 Å². The van der Waals surface area contributed by atoms with Crippen LogP contribution in [0.4, 0.5) is 10.2 Å². The lowest BCUT2D eigenvalue weighted by atomic mass is 10.1. The van der Waals surface area contributed by atoms with E-state index in [1.807, 2.05) is 10.7 Å². The first-order chi connectivity index (χ1) is 12.6. The zero-order valence-electron chi connectivity index (χ0n) is 14.7. The van der Waals surface area contributed by atoms with Crippen LogP contribution >= 0.6 is 11.3 Å². The normalized spacial score (nSPS) is 15.3. The van der Waals surface area contributed by atoms with Gasteiger partial charge in [0.2, 0.25) is 0 Å². The fourth-order valence-electron chi connectivity index (χ4n) is 3.32. The first kappa shape index (κ1) is 17.2. The third-order valence-corrected chi connectivity index (χ3v) is 6.06. The molecule has 0 radical (unpaired) electrons. The summed E-state index contributed by atoms with van der Waals surface area (Å²) in [7, 11) is 1.54. The molecule has 0 saturated heterocycles. The Labute approximate surface area is 154 Å². The highest BCUT2D eigenvalue weighted by atomic mass is 32.1. The third kappa shape index (κ3) is 3.01. The number of carbonyl (C=O) groups is 1. The van der Waals surface area contributed by atoms with E-state index in [0.717, 1.165) is 4.70 Å². The summed E-state index contributed by atoms with van der Waals surface area (Å²) in [6.07, 6.45) is 4.08. The summed E-state index contributed by atoms with van der Waals surface area (Å²) in [4.78, 5) is 13.4. The van der Waals surface area contributed by atoms with Gasteiger partial charge in [-0.1, -0.05) is 6.07 Å². The number of methoxy groups -OCH3 is 1. The number of benzene rings is 1. The van der Waals surface area contributed by atoms with Crippen LogP contribution in [0.5, 0.6) is 0 Å². The topological polar surface area (TPSA) is 56.1 Å². The van der Waals surface area contributed by atoms with Gasteiger partial charge in [0.25, 0.3) is 5.91 Å². The number of nitrogens with one attached hydrogen (secondary N) is 1. The molecule has 2 aromatic heterocycles. The SMILES string of the molecule is COCc1c(C(=O)Nc2ccnn2C(C)C2CC2)sc2cccc(F)c12. The molecule has 1 saturated carbocycles. The number of carbonyl (C=O) groups excluding carboxylic acids is 1. The van der Waals surface area contributed by atoms with E-state index < -0.39 is 0 Å². The molecule has 5 nitrogen and oxygen atoms in total. The molecule has 0 bridgehead atoms. The Balaban J connectivity index is 1.68. The van der Waals surface area contributed by atoms with Gasteiger partial charge in [0.05, 0.1) is 23.7 Å². The minimum atomic E-state index is -0.336. The Morgan fingerprint density at radius 1 is 1.46 bits per heavy atom. The number of fused-ring (bicyclic) bond motifs is 1. The first-order valence-corrected chi connectivity index (χ1v) is 9.45. The van der Waals surface area contributed by atoms with E-state index in [4.69, 9.17) is 4.74 Å². The van der Waals surface area contributed by atoms with Gasteiger partial charge in [-0.15, -0.1) is 11.3 Å². The molecule has 1 atom stereocenters. The van der Waals surface area contributed by atoms with E-state index in [9.17, 15) is 9.18 Å². The smallest absolute Gasteiger partial charge is 0.267 e. The van der Waals surface area contributed by atoms with Crippen LogP contribution in [0.1, 0.15) is 41.0 Å². The van der Waals surface area contributed by atoms with Gasteiger partial charge >= 0.3 is 0 Å². The van der Waals surface area contributed by atoms with Gasteiger partial charge in [-0.05, 0) is 37.8 Å². The van der Waals surface area contributed by atoms with Crippen molar-refractivity contribution in [1.82, 2.24) is 9.78 Å². The Bertz CT molecular complexity index is 961. The fourth-order valence-corrected chi connectivity index (χ4v) is 4.44. The molecule has 1 aliphatic rings. The highest BCUT2D eigenvalue weighted by molar-refractivity contribution is 7.21. The number of ether oxygens (including phenoxy) is 1. The van der Waals surface area contributed by atoms with Crippen LogP contribution in [-0.4, -0.2) is 22.8 Å². The van der Waals surface area contributed by atoms with Crippen molar-refractivity contribution in [1.29, 1.82) is 0 Å². The molecule has 1 fully saturated rings. The second-order valence-corrected chi connectivity index (χ2v) is 7.70. The average Bonchev–Trinajstić information content (AvgIpc) is 3.26. The largest absolute Gasteiger partial charge is 0.380 e. The van der Waals surface area contributed by atoms with Gasteiger partial charge in [-0.25, -0.2) is 9.07 Å². The van der Waals surface area contributed by atoms with Crippen LogP contribution < -0.4 is 5.32 Å². The molecule has 0 aliphatic heterocycles. The third-order valence-electron chi connectivity index (χ3n) is 4.86. The lowest BCUT2D eigenvalue weighted by molar-refractivity contribution is 0.102. The minimum absolute atomic E-state index is 0.182. The Kier molecular flexibility index (Phi) is 4.50. The number of halogens is 1. The van der Waals surface area contributed by atoms with Gasteiger partial charge in [-0.2, -0.15) is 5.10 Å². The predicted octanol–water partition coefficient (Wildman–Crippen LogP) is 4.61. The van der Waals surface area contributed by atoms with Gasteiger partial charge < -0.3 is 10.1 Å². The number of nitrogens with zero attached hydrogens (tertiary/aromatic N) is 2. The summed E-state index contributed by atoms with van der Waals surface area (Å²) in [5.41, 5.74) is 0.587. The van der Waals surface area contributed by atoms with E-state index >= 15 is 0 Å². The minimum Gasteiger partial charge on any atom is -0.380 e. The molecule has 1 N–H and O–H groups in total. The van der Waals surface area contributed by atoms with E-state index in [2.05, 4.69) is 17.3 Å². The number of hydrogen-bond acceptors (Lipinski definition) is 4. The lowest BCUT2D eigenvalue weighted by Crippen LogP contribution is -2.18. The van der Waals surface area contributed by atoms with E-state index in [1.165, 1.54) is 30.2 Å². The van der Waals surface area contributed by atoms with Crippen molar-refractivity contribution in [2.24, 2.45) is 5.92 Å². The molecule has 2 heterocycles. The van der Waals surface area contributed by atoms with Crippen molar-refractivity contribution < 1.29 is 13.9 Å². The van der Waals surface area contributed by atoms with Crippen molar-refractivity contribution >= 4 is 33.1 Å². The van der Waals surface area contributed by atoms with Gasteiger partial charge in [-0.3, -0.25) is 4.79 Å². The maximum absolute atomic E-state index is 14.3. The number of hydrogen-bond donors (Lipinski definition) is 1. The summed E-state index contributed by atoms with van der Waals surface area (Å²) >= 11 is 1.28. The number of amides is 1. The predicted molar refractivity (Wildman–Crippen MR) is 100 cm³/mol. The van der Waals surface area contributed by atoms with Crippen molar-refractivity contribution in [2.45, 2.75) is 32.4 Å². The summed E-state index contributed by atoms with van der Waals surface area (Å²) < 4.78 is 22.1. The number of anilines is 1. The van der Waals surface area contributed by atoms with E-state index in [0.29, 0.717) is 27.6 Å². The zero-order chi connectivity index (χ0) is 18.3. The molecule has 1 unspecified atom stereocenters. The van der Waals surface area contributed by atoms with E-state index in [-0.39, 0.29) is 24.4 Å². The molecule has 26 heavy (non-hydrogen) atoms. The summed E-state index contributed by atoms with van der Waals surface area (Å²) in [5.74, 6) is 0.684. The second kappa shape index (κ2) is 6.81. The average molecular weight is 373 g/mol. The highest BCUT2D eigenvalue weighted by Gasteiger charge is 2.31. The fraction of sp³-hybridized carbons (Fsp3) is 0.368. The summed E-state index contributed by atoms with van der Waals surface area (Å²) in [5, 5.41) is 7.77. The summed E-state index contributed by atoms with van der Waals surface area (Å²) in [6.45, 7) is 2.30. The van der Waals surface area contributed by atoms with Crippen LogP contribution in [0.2, 0.25) is 0 Å². The van der Waals surface area contributed by atoms with Crippen molar-refractivity contribution in [2.75, 3.05) is 12.4 Å². The number of rotatable bonds is 6. The van der Waals surface area contributed by atoms with Gasteiger partial charge in [0, 0.05) is 28.8 Å². The summed E-state index contributed by atoms with van der Waals surface area (Å²) in [6, 6.07) is 6.92. The molecular weight excluding hydrogens is 353 g/mol. The van der Waals surface area contributed by atoms with Crippen LogP contribution in [0.15, 0.2) is 30.5 Å². The van der Waals surface area contributed by atoms with Crippen molar-refractivity contribution in [3.05, 3.63) is 46.7 Å². The Morgan fingerprint density at radius 2 is 2.27 bits per heavy atom. The quantitative estimate of drug-likeness (QED) is 0.687. The molecule has 1 aliphatic carbocycles. The monoisotopic (exact) mass is 373 g/mol. The van der Waals surface area contributed by atoms with Crippen LogP contribution in [-0.2, 0) is 11.3 Å². The molecule has 7 heteroatoms. The molecular formula is C19H20FN3O2S. The molecule has 4 rings (SSSR count). The van der Waals surface area contributed by atoms with Crippen LogP contribution in [0.3, 0.4) is 0 Å². The molecule has 3 aromatic rings. The molecule has 1 amide bonds. The van der Waals surface area contributed by atoms with Crippen LogP contribution in [0.25, 0.3) is 10.1 Å². The van der Waals surface area contributed by atoms with Gasteiger partial charge in [0.15, 0.2) is 0 Å². The molecule has 0 spiro atoms. The maximum Gasteiger partial charge on any atom is 0.267 e. The van der Waals surface area contributed by atoms with Crippen molar-refractivity contribution in [3.8, 4) is 0 Å². The molecule has 136 valence electrons. The Morgan fingerprint density at radius 3 is 3.00 bits per heavy atom. The maximum atomic E-state index is 14.3. The number of thiophene rings is 1. The zero-order valence-corrected chi connectivity index (χ0v) is 15.5. The van der Waals surface area contributed by atoms with E-state index in [1.54, 1.807) is 25.4 Å².